The number of benzene rings is 1. The minimum Gasteiger partial charge on any atom is -0.483 e. The van der Waals surface area contributed by atoms with Crippen LogP contribution >= 0.6 is 34.8 Å². The molecule has 2 aliphatic heterocycles. The molecule has 0 spiro atoms. The molecule has 23 heavy (non-hydrogen) atoms. The Hall–Kier alpha value is -0.390. The summed E-state index contributed by atoms with van der Waals surface area (Å²) in [7, 11) is 0. The minimum absolute atomic E-state index is 0.246. The van der Waals surface area contributed by atoms with Gasteiger partial charge in [0.2, 0.25) is 0 Å². The summed E-state index contributed by atoms with van der Waals surface area (Å²) in [5.74, 6) is 1.07. The van der Waals surface area contributed by atoms with Crippen LogP contribution in [-0.4, -0.2) is 53.3 Å². The van der Waals surface area contributed by atoms with Crippen LogP contribution in [0.1, 0.15) is 19.8 Å². The molecular formula is C16H20Cl3NO3. The van der Waals surface area contributed by atoms with Gasteiger partial charge in [-0.15, -0.1) is 11.6 Å². The molecule has 1 N–H and O–H groups in total. The highest BCUT2D eigenvalue weighted by Crippen LogP contribution is 2.40. The van der Waals surface area contributed by atoms with E-state index in [1.54, 1.807) is 12.1 Å². The average Bonchev–Trinajstić information content (AvgIpc) is 2.50. The molecule has 128 valence electrons. The standard InChI is InChI=1S/C16H20Cl3NO3/c1-9-16(13(21)8-20-4-2-10(17)3-5-20)23-15-7-12(19)11(18)6-14(15)22-9/h6-7,9-10,13,16,21H,2-5,8H2,1H3. The topological polar surface area (TPSA) is 41.9 Å². The maximum Gasteiger partial charge on any atom is 0.163 e. The van der Waals surface area contributed by atoms with Crippen LogP contribution in [-0.2, 0) is 0 Å². The number of halogens is 3. The van der Waals surface area contributed by atoms with E-state index in [0.29, 0.717) is 28.1 Å². The second-order valence-electron chi connectivity index (χ2n) is 6.16. The van der Waals surface area contributed by atoms with E-state index in [4.69, 9.17) is 44.3 Å². The number of aliphatic hydroxyl groups excluding tert-OH is 1. The Kier molecular flexibility index (Phi) is 5.49. The lowest BCUT2D eigenvalue weighted by atomic mass is 10.0. The first kappa shape index (κ1) is 17.4. The lowest BCUT2D eigenvalue weighted by molar-refractivity contribution is -0.0590. The Morgan fingerprint density at radius 2 is 1.74 bits per heavy atom. The van der Waals surface area contributed by atoms with Gasteiger partial charge < -0.3 is 19.5 Å². The van der Waals surface area contributed by atoms with Crippen LogP contribution in [0.25, 0.3) is 0 Å². The van der Waals surface area contributed by atoms with E-state index in [9.17, 15) is 5.11 Å². The highest BCUT2D eigenvalue weighted by atomic mass is 35.5. The van der Waals surface area contributed by atoms with Gasteiger partial charge in [-0.25, -0.2) is 0 Å². The Morgan fingerprint density at radius 3 is 2.35 bits per heavy atom. The van der Waals surface area contributed by atoms with Crippen LogP contribution in [0, 0.1) is 0 Å². The number of fused-ring (bicyclic) bond motifs is 1. The molecule has 4 nitrogen and oxygen atoms in total. The first-order chi connectivity index (χ1) is 10.9. The fourth-order valence-corrected chi connectivity index (χ4v) is 3.55. The number of ether oxygens (including phenoxy) is 2. The molecule has 0 saturated carbocycles. The molecule has 0 amide bonds. The van der Waals surface area contributed by atoms with Crippen molar-refractivity contribution in [3.8, 4) is 11.5 Å². The smallest absolute Gasteiger partial charge is 0.163 e. The van der Waals surface area contributed by atoms with Gasteiger partial charge in [-0.2, -0.15) is 0 Å². The van der Waals surface area contributed by atoms with Crippen molar-refractivity contribution in [3.05, 3.63) is 22.2 Å². The molecule has 1 aromatic rings. The number of hydrogen-bond acceptors (Lipinski definition) is 4. The number of rotatable bonds is 3. The number of hydrogen-bond donors (Lipinski definition) is 1. The summed E-state index contributed by atoms with van der Waals surface area (Å²) in [5, 5.41) is 11.6. The van der Waals surface area contributed by atoms with Crippen molar-refractivity contribution in [1.82, 2.24) is 4.90 Å². The summed E-state index contributed by atoms with van der Waals surface area (Å²) in [4.78, 5) is 2.21. The minimum atomic E-state index is -0.653. The van der Waals surface area contributed by atoms with Crippen LogP contribution in [0.3, 0.4) is 0 Å². The summed E-state index contributed by atoms with van der Waals surface area (Å²) in [6.07, 6.45) is 0.513. The second-order valence-corrected chi connectivity index (χ2v) is 7.59. The quantitative estimate of drug-likeness (QED) is 0.814. The highest BCUT2D eigenvalue weighted by molar-refractivity contribution is 6.42. The normalized spacial score (nSPS) is 27.0. The molecule has 0 aliphatic carbocycles. The molecule has 0 bridgehead atoms. The zero-order valence-electron chi connectivity index (χ0n) is 12.8. The van der Waals surface area contributed by atoms with Gasteiger partial charge in [0.05, 0.1) is 10.0 Å². The van der Waals surface area contributed by atoms with Gasteiger partial charge in [0.15, 0.2) is 17.6 Å². The van der Waals surface area contributed by atoms with E-state index in [0.717, 1.165) is 25.9 Å². The number of piperidine rings is 1. The monoisotopic (exact) mass is 379 g/mol. The van der Waals surface area contributed by atoms with Crippen molar-refractivity contribution < 1.29 is 14.6 Å². The van der Waals surface area contributed by atoms with Crippen LogP contribution in [0.4, 0.5) is 0 Å². The van der Waals surface area contributed by atoms with Crippen LogP contribution in [0.2, 0.25) is 10.0 Å². The molecule has 7 heteroatoms. The van der Waals surface area contributed by atoms with Gasteiger partial charge >= 0.3 is 0 Å². The lowest BCUT2D eigenvalue weighted by Crippen LogP contribution is -2.51. The third-order valence-corrected chi connectivity index (χ3v) is 5.53. The first-order valence-electron chi connectivity index (χ1n) is 7.81. The van der Waals surface area contributed by atoms with Crippen molar-refractivity contribution in [3.63, 3.8) is 0 Å². The molecule has 1 saturated heterocycles. The summed E-state index contributed by atoms with van der Waals surface area (Å²) in [6.45, 7) is 4.21. The summed E-state index contributed by atoms with van der Waals surface area (Å²) in [6, 6.07) is 3.27. The summed E-state index contributed by atoms with van der Waals surface area (Å²) in [5.41, 5.74) is 0. The predicted octanol–water partition coefficient (Wildman–Crippen LogP) is 3.59. The van der Waals surface area contributed by atoms with Crippen molar-refractivity contribution in [2.75, 3.05) is 19.6 Å². The van der Waals surface area contributed by atoms with E-state index < -0.39 is 12.2 Å². The zero-order chi connectivity index (χ0) is 16.6. The maximum absolute atomic E-state index is 10.6. The molecule has 2 aliphatic rings. The fraction of sp³-hybridized carbons (Fsp3) is 0.625. The largest absolute Gasteiger partial charge is 0.483 e. The molecule has 2 heterocycles. The van der Waals surface area contributed by atoms with E-state index in [-0.39, 0.29) is 11.5 Å². The van der Waals surface area contributed by atoms with Gasteiger partial charge in [-0.05, 0) is 32.9 Å². The first-order valence-corrected chi connectivity index (χ1v) is 9.00. The summed E-state index contributed by atoms with van der Waals surface area (Å²) >= 11 is 18.1. The number of alkyl halides is 1. The van der Waals surface area contributed by atoms with Gasteiger partial charge in [0.25, 0.3) is 0 Å². The molecule has 3 rings (SSSR count). The lowest BCUT2D eigenvalue weighted by Gasteiger charge is -2.37. The van der Waals surface area contributed by atoms with Crippen molar-refractivity contribution in [2.45, 2.75) is 43.5 Å². The Labute approximate surface area is 151 Å². The molecule has 3 unspecified atom stereocenters. The molecule has 0 radical (unpaired) electrons. The summed E-state index contributed by atoms with van der Waals surface area (Å²) < 4.78 is 11.8. The SMILES string of the molecule is CC1Oc2cc(Cl)c(Cl)cc2OC1C(O)CN1CCC(Cl)CC1. The molecule has 1 fully saturated rings. The van der Waals surface area contributed by atoms with E-state index in [2.05, 4.69) is 4.90 Å². The van der Waals surface area contributed by atoms with Crippen LogP contribution in [0.15, 0.2) is 12.1 Å². The van der Waals surface area contributed by atoms with Gasteiger partial charge in [-0.1, -0.05) is 23.2 Å². The molecular weight excluding hydrogens is 361 g/mol. The number of β-amino-alcohol motifs (C(OH)–C–C–N with tert-alkyl or cyclic N) is 1. The van der Waals surface area contributed by atoms with E-state index in [1.165, 1.54) is 0 Å². The Balaban J connectivity index is 1.66. The van der Waals surface area contributed by atoms with Crippen molar-refractivity contribution in [2.24, 2.45) is 0 Å². The van der Waals surface area contributed by atoms with Crippen molar-refractivity contribution >= 4 is 34.8 Å². The fourth-order valence-electron chi connectivity index (χ4n) is 3.05. The maximum atomic E-state index is 10.6. The average molecular weight is 381 g/mol. The van der Waals surface area contributed by atoms with Gasteiger partial charge in [0, 0.05) is 24.1 Å². The zero-order valence-corrected chi connectivity index (χ0v) is 15.1. The van der Waals surface area contributed by atoms with Gasteiger partial charge in [-0.3, -0.25) is 0 Å². The van der Waals surface area contributed by atoms with E-state index >= 15 is 0 Å². The molecule has 0 aromatic heterocycles. The molecule has 1 aromatic carbocycles. The number of likely N-dealkylation sites (tertiary alicyclic amines) is 1. The van der Waals surface area contributed by atoms with Crippen LogP contribution < -0.4 is 9.47 Å². The van der Waals surface area contributed by atoms with Gasteiger partial charge in [0.1, 0.15) is 12.2 Å². The van der Waals surface area contributed by atoms with E-state index in [1.807, 2.05) is 6.92 Å². The highest BCUT2D eigenvalue weighted by Gasteiger charge is 2.35. The number of aliphatic hydroxyl groups is 1. The predicted molar refractivity (Wildman–Crippen MR) is 92.3 cm³/mol. The number of nitrogens with zero attached hydrogens (tertiary/aromatic N) is 1. The third-order valence-electron chi connectivity index (χ3n) is 4.37. The van der Waals surface area contributed by atoms with Crippen LogP contribution in [0.5, 0.6) is 11.5 Å². The second kappa shape index (κ2) is 7.24. The Morgan fingerprint density at radius 1 is 1.17 bits per heavy atom. The molecule has 3 atom stereocenters. The Bertz CT molecular complexity index is 564. The van der Waals surface area contributed by atoms with Crippen molar-refractivity contribution in [1.29, 1.82) is 0 Å². The third kappa shape index (κ3) is 3.99.